The molecule has 0 spiro atoms. The molecule has 0 atom stereocenters. The molecule has 4 rings (SSSR count). The van der Waals surface area contributed by atoms with E-state index in [0.29, 0.717) is 5.56 Å². The lowest BCUT2D eigenvalue weighted by Crippen LogP contribution is -2.45. The predicted octanol–water partition coefficient (Wildman–Crippen LogP) is 3.73. The van der Waals surface area contributed by atoms with Gasteiger partial charge < -0.3 is 0 Å². The number of hydrazine groups is 1. The number of rotatable bonds is 4. The van der Waals surface area contributed by atoms with E-state index < -0.39 is 0 Å². The molecule has 3 aromatic rings. The van der Waals surface area contributed by atoms with Crippen LogP contribution in [0.15, 0.2) is 54.0 Å². The number of carbonyl (C=O) groups is 1. The van der Waals surface area contributed by atoms with E-state index in [9.17, 15) is 4.79 Å². The Labute approximate surface area is 150 Å². The average Bonchev–Trinajstić information content (AvgIpc) is 3.33. The van der Waals surface area contributed by atoms with Crippen molar-refractivity contribution in [3.63, 3.8) is 0 Å². The number of carbonyl (C=O) groups excluding carboxylic acids is 1. The van der Waals surface area contributed by atoms with Gasteiger partial charge in [0.05, 0.1) is 16.1 Å². The zero-order chi connectivity index (χ0) is 17.1. The standard InChI is InChI=1S/C19H20N4OS/c24-19(21-22-11-5-2-6-12-22)16-14-23(15-8-3-1-4-9-15)20-18(16)17-10-7-13-25-17/h1,3-4,7-10,13-14H,2,5-6,11-12H2,(H,21,24). The van der Waals surface area contributed by atoms with Crippen molar-refractivity contribution < 1.29 is 4.79 Å². The van der Waals surface area contributed by atoms with E-state index in [2.05, 4.69) is 10.5 Å². The Balaban J connectivity index is 1.67. The predicted molar refractivity (Wildman–Crippen MR) is 99.8 cm³/mol. The van der Waals surface area contributed by atoms with Crippen molar-refractivity contribution >= 4 is 17.2 Å². The van der Waals surface area contributed by atoms with Gasteiger partial charge in [-0.3, -0.25) is 10.2 Å². The van der Waals surface area contributed by atoms with E-state index in [4.69, 9.17) is 0 Å². The third-order valence-electron chi connectivity index (χ3n) is 4.35. The van der Waals surface area contributed by atoms with Crippen LogP contribution in [-0.2, 0) is 0 Å². The molecule has 25 heavy (non-hydrogen) atoms. The van der Waals surface area contributed by atoms with Gasteiger partial charge in [0.15, 0.2) is 0 Å². The lowest BCUT2D eigenvalue weighted by atomic mass is 10.1. The Morgan fingerprint density at radius 2 is 1.84 bits per heavy atom. The summed E-state index contributed by atoms with van der Waals surface area (Å²) in [4.78, 5) is 13.9. The third kappa shape index (κ3) is 3.50. The highest BCUT2D eigenvalue weighted by molar-refractivity contribution is 7.13. The zero-order valence-corrected chi connectivity index (χ0v) is 14.7. The van der Waals surface area contributed by atoms with Crippen LogP contribution in [0, 0.1) is 0 Å². The van der Waals surface area contributed by atoms with E-state index in [0.717, 1.165) is 42.2 Å². The number of hydrogen-bond donors (Lipinski definition) is 1. The van der Waals surface area contributed by atoms with Gasteiger partial charge in [0.1, 0.15) is 5.69 Å². The first kappa shape index (κ1) is 16.1. The van der Waals surface area contributed by atoms with E-state index in [-0.39, 0.29) is 5.91 Å². The maximum Gasteiger partial charge on any atom is 0.269 e. The van der Waals surface area contributed by atoms with Crippen LogP contribution >= 0.6 is 11.3 Å². The van der Waals surface area contributed by atoms with Crippen molar-refractivity contribution in [1.29, 1.82) is 0 Å². The zero-order valence-electron chi connectivity index (χ0n) is 13.9. The number of benzene rings is 1. The molecule has 6 heteroatoms. The quantitative estimate of drug-likeness (QED) is 0.778. The highest BCUT2D eigenvalue weighted by Gasteiger charge is 2.21. The molecular weight excluding hydrogens is 332 g/mol. The second-order valence-electron chi connectivity index (χ2n) is 6.14. The molecule has 0 unspecified atom stereocenters. The first-order valence-corrected chi connectivity index (χ1v) is 9.44. The molecule has 1 aliphatic heterocycles. The van der Waals surface area contributed by atoms with Gasteiger partial charge in [-0.1, -0.05) is 30.7 Å². The molecule has 1 amide bonds. The topological polar surface area (TPSA) is 50.2 Å². The van der Waals surface area contributed by atoms with Crippen LogP contribution in [0.2, 0.25) is 0 Å². The van der Waals surface area contributed by atoms with Gasteiger partial charge in [-0.25, -0.2) is 9.69 Å². The fourth-order valence-electron chi connectivity index (χ4n) is 3.06. The highest BCUT2D eigenvalue weighted by Crippen LogP contribution is 2.28. The van der Waals surface area contributed by atoms with Crippen LogP contribution in [0.5, 0.6) is 0 Å². The number of para-hydroxylation sites is 1. The molecular formula is C19H20N4OS. The first-order valence-electron chi connectivity index (χ1n) is 8.56. The number of aromatic nitrogens is 2. The minimum absolute atomic E-state index is 0.0903. The smallest absolute Gasteiger partial charge is 0.269 e. The van der Waals surface area contributed by atoms with E-state index in [1.165, 1.54) is 6.42 Å². The summed E-state index contributed by atoms with van der Waals surface area (Å²) < 4.78 is 1.78. The van der Waals surface area contributed by atoms with Crippen LogP contribution in [-0.4, -0.2) is 33.8 Å². The number of amides is 1. The number of thiophene rings is 1. The maximum absolute atomic E-state index is 12.9. The van der Waals surface area contributed by atoms with E-state index >= 15 is 0 Å². The van der Waals surface area contributed by atoms with Crippen LogP contribution in [0.3, 0.4) is 0 Å². The Morgan fingerprint density at radius 1 is 1.04 bits per heavy atom. The largest absolute Gasteiger partial charge is 0.285 e. The fourth-order valence-corrected chi connectivity index (χ4v) is 3.78. The van der Waals surface area contributed by atoms with Crippen molar-refractivity contribution in [3.05, 3.63) is 59.6 Å². The molecule has 1 aromatic carbocycles. The summed E-state index contributed by atoms with van der Waals surface area (Å²) in [5.74, 6) is -0.0903. The van der Waals surface area contributed by atoms with Crippen LogP contribution in [0.25, 0.3) is 16.3 Å². The minimum atomic E-state index is -0.0903. The molecule has 0 saturated carbocycles. The molecule has 1 saturated heterocycles. The van der Waals surface area contributed by atoms with Gasteiger partial charge in [-0.05, 0) is 36.4 Å². The van der Waals surface area contributed by atoms with Gasteiger partial charge in [-0.15, -0.1) is 11.3 Å². The molecule has 0 aliphatic carbocycles. The first-order chi connectivity index (χ1) is 12.3. The van der Waals surface area contributed by atoms with E-state index in [1.807, 2.05) is 59.1 Å². The van der Waals surface area contributed by atoms with Crippen molar-refractivity contribution in [2.75, 3.05) is 13.1 Å². The van der Waals surface area contributed by atoms with Crippen molar-refractivity contribution in [3.8, 4) is 16.3 Å². The molecule has 128 valence electrons. The second-order valence-corrected chi connectivity index (χ2v) is 7.09. The summed E-state index contributed by atoms with van der Waals surface area (Å²) in [5.41, 5.74) is 5.33. The van der Waals surface area contributed by atoms with Gasteiger partial charge in [-0.2, -0.15) is 5.10 Å². The number of nitrogens with one attached hydrogen (secondary N) is 1. The Hall–Kier alpha value is -2.44. The number of piperidine rings is 1. The third-order valence-corrected chi connectivity index (χ3v) is 5.23. The second kappa shape index (κ2) is 7.21. The van der Waals surface area contributed by atoms with Crippen LogP contribution < -0.4 is 5.43 Å². The Bertz CT molecular complexity index is 836. The SMILES string of the molecule is O=C(NN1CCCCC1)c1cn(-c2ccccc2)nc1-c1cccs1. The van der Waals surface area contributed by atoms with Crippen LogP contribution in [0.4, 0.5) is 0 Å². The van der Waals surface area contributed by atoms with E-state index in [1.54, 1.807) is 16.0 Å². The molecule has 1 fully saturated rings. The normalized spacial score (nSPS) is 15.2. The van der Waals surface area contributed by atoms with Gasteiger partial charge in [0.25, 0.3) is 5.91 Å². The maximum atomic E-state index is 12.9. The lowest BCUT2D eigenvalue weighted by molar-refractivity contribution is 0.0751. The van der Waals surface area contributed by atoms with Gasteiger partial charge >= 0.3 is 0 Å². The number of hydrogen-bond acceptors (Lipinski definition) is 4. The highest BCUT2D eigenvalue weighted by atomic mass is 32.1. The molecule has 1 N–H and O–H groups in total. The molecule has 3 heterocycles. The fraction of sp³-hybridized carbons (Fsp3) is 0.263. The van der Waals surface area contributed by atoms with Crippen molar-refractivity contribution in [2.24, 2.45) is 0 Å². The summed E-state index contributed by atoms with van der Waals surface area (Å²) in [6.45, 7) is 1.82. The Kier molecular flexibility index (Phi) is 4.63. The van der Waals surface area contributed by atoms with Crippen LogP contribution in [0.1, 0.15) is 29.6 Å². The minimum Gasteiger partial charge on any atom is -0.285 e. The molecule has 0 radical (unpaired) electrons. The monoisotopic (exact) mass is 352 g/mol. The molecule has 0 bridgehead atoms. The summed E-state index contributed by atoms with van der Waals surface area (Å²) in [5, 5.41) is 8.71. The number of nitrogens with zero attached hydrogens (tertiary/aromatic N) is 3. The van der Waals surface area contributed by atoms with Crippen molar-refractivity contribution in [2.45, 2.75) is 19.3 Å². The van der Waals surface area contributed by atoms with Gasteiger partial charge in [0, 0.05) is 19.3 Å². The lowest BCUT2D eigenvalue weighted by Gasteiger charge is -2.26. The van der Waals surface area contributed by atoms with Gasteiger partial charge in [0.2, 0.25) is 0 Å². The summed E-state index contributed by atoms with van der Waals surface area (Å²) in [7, 11) is 0. The Morgan fingerprint density at radius 3 is 2.56 bits per heavy atom. The molecule has 2 aromatic heterocycles. The summed E-state index contributed by atoms with van der Waals surface area (Å²) >= 11 is 1.59. The van der Waals surface area contributed by atoms with Crippen molar-refractivity contribution in [1.82, 2.24) is 20.2 Å². The molecule has 1 aliphatic rings. The average molecular weight is 352 g/mol. The molecule has 5 nitrogen and oxygen atoms in total. The summed E-state index contributed by atoms with van der Waals surface area (Å²) in [6, 6.07) is 13.9. The summed E-state index contributed by atoms with van der Waals surface area (Å²) in [6.07, 6.45) is 5.31.